The minimum absolute atomic E-state index is 0.00306. The average molecular weight is 279 g/mol. The van der Waals surface area contributed by atoms with Crippen molar-refractivity contribution in [3.05, 3.63) is 47.8 Å². The third-order valence-electron chi connectivity index (χ3n) is 2.69. The lowest BCUT2D eigenvalue weighted by atomic mass is 10.3. The van der Waals surface area contributed by atoms with E-state index in [0.29, 0.717) is 16.8 Å². The summed E-state index contributed by atoms with van der Waals surface area (Å²) in [7, 11) is 0. The molecule has 0 amide bonds. The van der Waals surface area contributed by atoms with Gasteiger partial charge < -0.3 is 15.5 Å². The number of benzene rings is 2. The Labute approximate surface area is 111 Å². The first-order valence-electron chi connectivity index (χ1n) is 5.61. The second kappa shape index (κ2) is 4.44. The van der Waals surface area contributed by atoms with Crippen molar-refractivity contribution in [3.8, 4) is 0 Å². The Balaban J connectivity index is 1.99. The van der Waals surface area contributed by atoms with Gasteiger partial charge in [0.05, 0.1) is 5.69 Å². The van der Waals surface area contributed by atoms with E-state index < -0.39 is 17.5 Å². The van der Waals surface area contributed by atoms with E-state index in [1.807, 2.05) is 0 Å². The normalized spacial score (nSPS) is 10.9. The fourth-order valence-corrected chi connectivity index (χ4v) is 1.77. The molecule has 102 valence electrons. The van der Waals surface area contributed by atoms with Crippen LogP contribution < -0.4 is 11.1 Å². The average Bonchev–Trinajstić information content (AvgIpc) is 2.80. The number of halogens is 3. The number of oxazole rings is 1. The highest BCUT2D eigenvalue weighted by Gasteiger charge is 2.13. The molecule has 3 aromatic rings. The number of para-hydroxylation sites is 1. The summed E-state index contributed by atoms with van der Waals surface area (Å²) in [5.74, 6) is -4.14. The number of hydrogen-bond donors (Lipinski definition) is 2. The zero-order valence-electron chi connectivity index (χ0n) is 9.95. The smallest absolute Gasteiger partial charge is 0.300 e. The molecule has 0 aliphatic carbocycles. The summed E-state index contributed by atoms with van der Waals surface area (Å²) in [4.78, 5) is 4.05. The van der Waals surface area contributed by atoms with Crippen molar-refractivity contribution in [3.63, 3.8) is 0 Å². The van der Waals surface area contributed by atoms with Crippen LogP contribution in [0, 0.1) is 17.5 Å². The number of nitrogens with two attached hydrogens (primary N) is 1. The van der Waals surface area contributed by atoms with E-state index in [1.54, 1.807) is 18.2 Å². The number of fused-ring (bicyclic) bond motifs is 1. The lowest BCUT2D eigenvalue weighted by Crippen LogP contribution is -1.96. The van der Waals surface area contributed by atoms with Crippen molar-refractivity contribution in [1.29, 1.82) is 0 Å². The molecule has 0 atom stereocenters. The molecule has 3 N–H and O–H groups in total. The quantitative estimate of drug-likeness (QED) is 0.556. The van der Waals surface area contributed by atoms with Crippen molar-refractivity contribution in [2.24, 2.45) is 0 Å². The Morgan fingerprint density at radius 3 is 2.45 bits per heavy atom. The summed E-state index contributed by atoms with van der Waals surface area (Å²) >= 11 is 0. The van der Waals surface area contributed by atoms with E-state index in [1.165, 1.54) is 0 Å². The minimum atomic E-state index is -1.53. The second-order valence-electron chi connectivity index (χ2n) is 4.09. The van der Waals surface area contributed by atoms with Gasteiger partial charge in [0.2, 0.25) is 0 Å². The first kappa shape index (κ1) is 12.3. The van der Waals surface area contributed by atoms with Crippen LogP contribution in [-0.4, -0.2) is 4.98 Å². The molecule has 0 radical (unpaired) electrons. The van der Waals surface area contributed by atoms with Gasteiger partial charge in [-0.15, -0.1) is 0 Å². The summed E-state index contributed by atoms with van der Waals surface area (Å²) in [6.45, 7) is 0. The lowest BCUT2D eigenvalue weighted by molar-refractivity contribution is 0.448. The van der Waals surface area contributed by atoms with Gasteiger partial charge >= 0.3 is 0 Å². The van der Waals surface area contributed by atoms with Gasteiger partial charge in [-0.2, -0.15) is 4.98 Å². The number of rotatable bonds is 2. The Morgan fingerprint density at radius 2 is 1.80 bits per heavy atom. The Hall–Kier alpha value is -2.70. The van der Waals surface area contributed by atoms with Crippen LogP contribution in [-0.2, 0) is 0 Å². The molecule has 4 nitrogen and oxygen atoms in total. The molecule has 1 heterocycles. The van der Waals surface area contributed by atoms with Crippen LogP contribution in [0.25, 0.3) is 11.1 Å². The fourth-order valence-electron chi connectivity index (χ4n) is 1.77. The van der Waals surface area contributed by atoms with Crippen molar-refractivity contribution in [2.75, 3.05) is 11.1 Å². The highest BCUT2D eigenvalue weighted by Crippen LogP contribution is 2.26. The zero-order chi connectivity index (χ0) is 14.3. The molecule has 1 aromatic heterocycles. The molecule has 2 aromatic carbocycles. The maximum atomic E-state index is 13.1. The number of nitrogen functional groups attached to an aromatic ring is 1. The van der Waals surface area contributed by atoms with Crippen molar-refractivity contribution in [1.82, 2.24) is 4.98 Å². The maximum absolute atomic E-state index is 13.1. The predicted molar refractivity (Wildman–Crippen MR) is 68.0 cm³/mol. The molecule has 20 heavy (non-hydrogen) atoms. The molecule has 0 unspecified atom stereocenters. The van der Waals surface area contributed by atoms with Gasteiger partial charge in [-0.1, -0.05) is 6.07 Å². The lowest BCUT2D eigenvalue weighted by Gasteiger charge is -2.02. The topological polar surface area (TPSA) is 64.1 Å². The van der Waals surface area contributed by atoms with Crippen molar-refractivity contribution < 1.29 is 17.6 Å². The van der Waals surface area contributed by atoms with Crippen LogP contribution in [0.2, 0.25) is 0 Å². The molecule has 0 fully saturated rings. The molecule has 0 saturated heterocycles. The molecule has 0 saturated carbocycles. The highest BCUT2D eigenvalue weighted by atomic mass is 19.2. The van der Waals surface area contributed by atoms with Gasteiger partial charge in [0.25, 0.3) is 6.01 Å². The minimum Gasteiger partial charge on any atom is -0.423 e. The molecular weight excluding hydrogens is 271 g/mol. The Morgan fingerprint density at radius 1 is 1.10 bits per heavy atom. The van der Waals surface area contributed by atoms with E-state index >= 15 is 0 Å². The van der Waals surface area contributed by atoms with Gasteiger partial charge in [0.15, 0.2) is 23.0 Å². The third-order valence-corrected chi connectivity index (χ3v) is 2.69. The first-order chi connectivity index (χ1) is 9.54. The standard InChI is InChI=1S/C13H8F3N3O/c14-7-4-6(5-8(15)11(7)16)18-13-19-12-9(17)2-1-3-10(12)20-13/h1-5H,17H2,(H,18,19). The Kier molecular flexibility index (Phi) is 2.74. The largest absolute Gasteiger partial charge is 0.423 e. The summed E-state index contributed by atoms with van der Waals surface area (Å²) in [6, 6.07) is 6.59. The summed E-state index contributed by atoms with van der Waals surface area (Å²) < 4.78 is 44.3. The molecule has 0 bridgehead atoms. The molecule has 0 spiro atoms. The number of hydrogen-bond acceptors (Lipinski definition) is 4. The molecular formula is C13H8F3N3O. The zero-order valence-corrected chi connectivity index (χ0v) is 9.95. The van der Waals surface area contributed by atoms with E-state index in [-0.39, 0.29) is 11.7 Å². The van der Waals surface area contributed by atoms with Crippen LogP contribution in [0.1, 0.15) is 0 Å². The third kappa shape index (κ3) is 2.03. The van der Waals surface area contributed by atoms with E-state index in [0.717, 1.165) is 12.1 Å². The summed E-state index contributed by atoms with van der Waals surface area (Å²) in [5, 5.41) is 2.55. The molecule has 7 heteroatoms. The number of anilines is 3. The van der Waals surface area contributed by atoms with Gasteiger partial charge in [-0.3, -0.25) is 0 Å². The van der Waals surface area contributed by atoms with E-state index in [9.17, 15) is 13.2 Å². The van der Waals surface area contributed by atoms with E-state index in [2.05, 4.69) is 10.3 Å². The van der Waals surface area contributed by atoms with Gasteiger partial charge in [0.1, 0.15) is 5.52 Å². The van der Waals surface area contributed by atoms with Crippen LogP contribution in [0.15, 0.2) is 34.7 Å². The van der Waals surface area contributed by atoms with Gasteiger partial charge in [-0.05, 0) is 12.1 Å². The monoisotopic (exact) mass is 279 g/mol. The van der Waals surface area contributed by atoms with Crippen molar-refractivity contribution >= 4 is 28.5 Å². The van der Waals surface area contributed by atoms with Gasteiger partial charge in [-0.25, -0.2) is 13.2 Å². The van der Waals surface area contributed by atoms with Crippen LogP contribution in [0.4, 0.5) is 30.6 Å². The summed E-state index contributed by atoms with van der Waals surface area (Å²) in [5.41, 5.74) is 6.96. The first-order valence-corrected chi connectivity index (χ1v) is 5.61. The number of nitrogens with one attached hydrogen (secondary N) is 1. The van der Waals surface area contributed by atoms with Gasteiger partial charge in [0, 0.05) is 17.8 Å². The van der Waals surface area contributed by atoms with Crippen LogP contribution in [0.3, 0.4) is 0 Å². The maximum Gasteiger partial charge on any atom is 0.300 e. The summed E-state index contributed by atoms with van der Waals surface area (Å²) in [6.07, 6.45) is 0. The molecule has 0 aliphatic rings. The van der Waals surface area contributed by atoms with Crippen LogP contribution in [0.5, 0.6) is 0 Å². The van der Waals surface area contributed by atoms with E-state index in [4.69, 9.17) is 10.2 Å². The molecule has 3 rings (SSSR count). The second-order valence-corrected chi connectivity index (χ2v) is 4.09. The van der Waals surface area contributed by atoms with Crippen LogP contribution >= 0.6 is 0 Å². The molecule has 0 aliphatic heterocycles. The fraction of sp³-hybridized carbons (Fsp3) is 0. The van der Waals surface area contributed by atoms with Crippen molar-refractivity contribution in [2.45, 2.75) is 0 Å². The number of nitrogens with zero attached hydrogens (tertiary/aromatic N) is 1. The highest BCUT2D eigenvalue weighted by molar-refractivity contribution is 5.86. The number of aromatic nitrogens is 1. The Bertz CT molecular complexity index is 778. The SMILES string of the molecule is Nc1cccc2oc(Nc3cc(F)c(F)c(F)c3)nc12. The predicted octanol–water partition coefficient (Wildman–Crippen LogP) is 3.57.